The predicted molar refractivity (Wildman–Crippen MR) is 102 cm³/mol. The summed E-state index contributed by atoms with van der Waals surface area (Å²) in [5.41, 5.74) is 0.438. The standard InChI is InChI=1S/C19H25ClN4O3/c1-12-21-22-17(23(12)10-13-5-7-14(20)8-6-13)16-9-15(25)11-24(16)18(26)27-19(2,3)4/h5-8,15-16,25H,9-11H2,1-4H3/t15-,16-/m1/s1. The Hall–Kier alpha value is -2.12. The van der Waals surface area contributed by atoms with Gasteiger partial charge < -0.3 is 14.4 Å². The van der Waals surface area contributed by atoms with Crippen LogP contribution >= 0.6 is 11.6 Å². The van der Waals surface area contributed by atoms with Gasteiger partial charge in [-0.15, -0.1) is 10.2 Å². The minimum atomic E-state index is -0.622. The zero-order valence-corrected chi connectivity index (χ0v) is 16.8. The lowest BCUT2D eigenvalue weighted by atomic mass is 10.1. The molecule has 3 rings (SSSR count). The molecule has 1 aliphatic heterocycles. The fraction of sp³-hybridized carbons (Fsp3) is 0.526. The summed E-state index contributed by atoms with van der Waals surface area (Å²) >= 11 is 5.97. The van der Waals surface area contributed by atoms with E-state index in [9.17, 15) is 9.90 Å². The van der Waals surface area contributed by atoms with Gasteiger partial charge in [0.15, 0.2) is 5.82 Å². The number of amides is 1. The van der Waals surface area contributed by atoms with Crippen LogP contribution in [0.15, 0.2) is 24.3 Å². The molecule has 7 nitrogen and oxygen atoms in total. The second kappa shape index (κ2) is 7.48. The molecule has 1 saturated heterocycles. The number of nitrogens with zero attached hydrogens (tertiary/aromatic N) is 4. The van der Waals surface area contributed by atoms with Crippen molar-refractivity contribution in [1.29, 1.82) is 0 Å². The zero-order valence-electron chi connectivity index (χ0n) is 16.0. The largest absolute Gasteiger partial charge is 0.444 e. The second-order valence-corrected chi connectivity index (χ2v) is 8.29. The van der Waals surface area contributed by atoms with Gasteiger partial charge in [-0.3, -0.25) is 4.90 Å². The Kier molecular flexibility index (Phi) is 5.44. The molecule has 1 aliphatic rings. The molecule has 8 heteroatoms. The fourth-order valence-corrected chi connectivity index (χ4v) is 3.32. The first-order chi connectivity index (χ1) is 12.6. The first-order valence-electron chi connectivity index (χ1n) is 8.96. The van der Waals surface area contributed by atoms with E-state index in [1.54, 1.807) is 0 Å². The molecule has 0 aliphatic carbocycles. The van der Waals surface area contributed by atoms with E-state index in [1.165, 1.54) is 4.90 Å². The van der Waals surface area contributed by atoms with Crippen molar-refractivity contribution in [1.82, 2.24) is 19.7 Å². The molecule has 0 radical (unpaired) electrons. The molecular weight excluding hydrogens is 368 g/mol. The van der Waals surface area contributed by atoms with Crippen LogP contribution in [0.2, 0.25) is 5.02 Å². The van der Waals surface area contributed by atoms with Gasteiger partial charge in [0.25, 0.3) is 0 Å². The van der Waals surface area contributed by atoms with Gasteiger partial charge in [-0.05, 0) is 45.4 Å². The number of carbonyl (C=O) groups is 1. The van der Waals surface area contributed by atoms with E-state index < -0.39 is 17.8 Å². The number of hydrogen-bond donors (Lipinski definition) is 1. The number of ether oxygens (including phenoxy) is 1. The van der Waals surface area contributed by atoms with Crippen LogP contribution in [-0.2, 0) is 11.3 Å². The Labute approximate surface area is 163 Å². The van der Waals surface area contributed by atoms with Crippen LogP contribution < -0.4 is 0 Å². The Balaban J connectivity index is 1.88. The molecule has 0 bridgehead atoms. The lowest BCUT2D eigenvalue weighted by Gasteiger charge is -2.28. The van der Waals surface area contributed by atoms with E-state index in [0.29, 0.717) is 23.8 Å². The Morgan fingerprint density at radius 3 is 2.59 bits per heavy atom. The molecule has 27 heavy (non-hydrogen) atoms. The fourth-order valence-electron chi connectivity index (χ4n) is 3.19. The van der Waals surface area contributed by atoms with Gasteiger partial charge in [-0.2, -0.15) is 0 Å². The molecule has 1 aromatic carbocycles. The van der Waals surface area contributed by atoms with E-state index >= 15 is 0 Å². The second-order valence-electron chi connectivity index (χ2n) is 7.86. The normalized spacial score (nSPS) is 20.1. The van der Waals surface area contributed by atoms with Gasteiger partial charge in [0.2, 0.25) is 0 Å². The van der Waals surface area contributed by atoms with Gasteiger partial charge in [0.05, 0.1) is 25.2 Å². The van der Waals surface area contributed by atoms with Crippen molar-refractivity contribution in [2.75, 3.05) is 6.54 Å². The Bertz CT molecular complexity index is 813. The summed E-state index contributed by atoms with van der Waals surface area (Å²) in [7, 11) is 0. The summed E-state index contributed by atoms with van der Waals surface area (Å²) in [4.78, 5) is 14.2. The highest BCUT2D eigenvalue weighted by Crippen LogP contribution is 2.33. The van der Waals surface area contributed by atoms with E-state index in [-0.39, 0.29) is 12.6 Å². The summed E-state index contributed by atoms with van der Waals surface area (Å²) in [6, 6.07) is 7.18. The van der Waals surface area contributed by atoms with Gasteiger partial charge in [0, 0.05) is 11.4 Å². The molecule has 1 N–H and O–H groups in total. The van der Waals surface area contributed by atoms with Crippen molar-refractivity contribution in [3.8, 4) is 0 Å². The summed E-state index contributed by atoms with van der Waals surface area (Å²) in [6.07, 6.45) is -0.677. The summed E-state index contributed by atoms with van der Waals surface area (Å²) < 4.78 is 7.47. The SMILES string of the molecule is Cc1nnc([C@H]2C[C@@H](O)CN2C(=O)OC(C)(C)C)n1Cc1ccc(Cl)cc1. The molecule has 2 heterocycles. The van der Waals surface area contributed by atoms with Crippen LogP contribution in [0.1, 0.15) is 50.4 Å². The lowest BCUT2D eigenvalue weighted by Crippen LogP contribution is -2.38. The highest BCUT2D eigenvalue weighted by Gasteiger charge is 2.40. The number of carbonyl (C=O) groups excluding carboxylic acids is 1. The van der Waals surface area contributed by atoms with E-state index in [2.05, 4.69) is 10.2 Å². The molecule has 2 atom stereocenters. The third-order valence-corrected chi connectivity index (χ3v) is 4.68. The Morgan fingerprint density at radius 2 is 1.96 bits per heavy atom. The lowest BCUT2D eigenvalue weighted by molar-refractivity contribution is 0.0198. The molecule has 0 unspecified atom stereocenters. The number of halogens is 1. The van der Waals surface area contributed by atoms with Crippen molar-refractivity contribution in [2.24, 2.45) is 0 Å². The molecule has 1 fully saturated rings. The average molecular weight is 393 g/mol. The molecule has 146 valence electrons. The van der Waals surface area contributed by atoms with Crippen LogP contribution in [0.5, 0.6) is 0 Å². The van der Waals surface area contributed by atoms with Gasteiger partial charge in [-0.1, -0.05) is 23.7 Å². The highest BCUT2D eigenvalue weighted by molar-refractivity contribution is 6.30. The Morgan fingerprint density at radius 1 is 1.30 bits per heavy atom. The van der Waals surface area contributed by atoms with Crippen molar-refractivity contribution in [3.63, 3.8) is 0 Å². The number of aliphatic hydroxyl groups is 1. The van der Waals surface area contributed by atoms with Crippen LogP contribution in [0, 0.1) is 6.92 Å². The number of hydrogen-bond acceptors (Lipinski definition) is 5. The number of aliphatic hydroxyl groups excluding tert-OH is 1. The van der Waals surface area contributed by atoms with Crippen LogP contribution in [-0.4, -0.2) is 49.1 Å². The third-order valence-electron chi connectivity index (χ3n) is 4.42. The quantitative estimate of drug-likeness (QED) is 0.866. The predicted octanol–water partition coefficient (Wildman–Crippen LogP) is 3.33. The van der Waals surface area contributed by atoms with Crippen molar-refractivity contribution in [2.45, 2.75) is 58.4 Å². The van der Waals surface area contributed by atoms with Gasteiger partial charge in [-0.25, -0.2) is 4.79 Å². The molecule has 2 aromatic rings. The topological polar surface area (TPSA) is 80.5 Å². The number of likely N-dealkylation sites (tertiary alicyclic amines) is 1. The summed E-state index contributed by atoms with van der Waals surface area (Å²) in [5.74, 6) is 1.38. The number of β-amino-alcohol motifs (C(OH)–C–C–N with tert-alkyl or cyclic N) is 1. The molecule has 0 spiro atoms. The van der Waals surface area contributed by atoms with Gasteiger partial charge in [0.1, 0.15) is 11.4 Å². The average Bonchev–Trinajstić information content (AvgIpc) is 3.11. The summed E-state index contributed by atoms with van der Waals surface area (Å²) in [6.45, 7) is 8.10. The number of rotatable bonds is 3. The zero-order chi connectivity index (χ0) is 19.8. The van der Waals surface area contributed by atoms with Gasteiger partial charge >= 0.3 is 6.09 Å². The maximum Gasteiger partial charge on any atom is 0.411 e. The number of aryl methyl sites for hydroxylation is 1. The van der Waals surface area contributed by atoms with Crippen molar-refractivity contribution < 1.29 is 14.6 Å². The summed E-state index contributed by atoms with van der Waals surface area (Å²) in [5, 5.41) is 19.3. The molecular formula is C19H25ClN4O3. The van der Waals surface area contributed by atoms with E-state index in [4.69, 9.17) is 16.3 Å². The van der Waals surface area contributed by atoms with Crippen molar-refractivity contribution in [3.05, 3.63) is 46.5 Å². The smallest absolute Gasteiger partial charge is 0.411 e. The van der Waals surface area contributed by atoms with E-state index in [1.807, 2.05) is 56.5 Å². The van der Waals surface area contributed by atoms with Crippen LogP contribution in [0.4, 0.5) is 4.79 Å². The maximum absolute atomic E-state index is 12.6. The minimum absolute atomic E-state index is 0.215. The number of aromatic nitrogens is 3. The maximum atomic E-state index is 12.6. The van der Waals surface area contributed by atoms with Crippen LogP contribution in [0.3, 0.4) is 0 Å². The minimum Gasteiger partial charge on any atom is -0.444 e. The molecule has 1 amide bonds. The first kappa shape index (κ1) is 19.6. The van der Waals surface area contributed by atoms with Crippen LogP contribution in [0.25, 0.3) is 0 Å². The first-order valence-corrected chi connectivity index (χ1v) is 9.33. The number of benzene rings is 1. The molecule has 1 aromatic heterocycles. The molecule has 0 saturated carbocycles. The van der Waals surface area contributed by atoms with E-state index in [0.717, 1.165) is 11.4 Å². The van der Waals surface area contributed by atoms with Crippen molar-refractivity contribution >= 4 is 17.7 Å². The monoisotopic (exact) mass is 392 g/mol. The highest BCUT2D eigenvalue weighted by atomic mass is 35.5. The third kappa shape index (κ3) is 4.59.